The van der Waals surface area contributed by atoms with E-state index >= 15 is 0 Å². The summed E-state index contributed by atoms with van der Waals surface area (Å²) >= 11 is 0. The number of esters is 1. The first-order valence-electron chi connectivity index (χ1n) is 6.30. The van der Waals surface area contributed by atoms with Crippen LogP contribution in [0.4, 0.5) is 0 Å². The minimum Gasteiger partial charge on any atom is -0.493 e. The Balaban J connectivity index is 2.43. The fraction of sp³-hybridized carbons (Fsp3) is 0.400. The molecule has 0 N–H and O–H groups in total. The van der Waals surface area contributed by atoms with Gasteiger partial charge < -0.3 is 18.9 Å². The molecule has 1 saturated heterocycles. The van der Waals surface area contributed by atoms with Gasteiger partial charge in [-0.25, -0.2) is 4.79 Å². The quantitative estimate of drug-likeness (QED) is 0.625. The van der Waals surface area contributed by atoms with Crippen LogP contribution in [0.3, 0.4) is 0 Å². The largest absolute Gasteiger partial charge is 0.493 e. The van der Waals surface area contributed by atoms with Gasteiger partial charge in [0.05, 0.1) is 21.3 Å². The van der Waals surface area contributed by atoms with E-state index in [1.54, 1.807) is 39.5 Å². The summed E-state index contributed by atoms with van der Waals surface area (Å²) in [5, 5.41) is 0. The standard InChI is InChI=1S/C15H18O5/c1-9-5-11(15(16)20-9)6-10-7-12(17-2)14(19-4)13(8-10)18-3/h6-9H,5H2,1-4H3/b11-6+/t9-/m0/s1. The molecule has 5 heteroatoms. The molecule has 1 fully saturated rings. The zero-order valence-electron chi connectivity index (χ0n) is 12.1. The van der Waals surface area contributed by atoms with Crippen LogP contribution in [0.1, 0.15) is 18.9 Å². The maximum absolute atomic E-state index is 11.6. The molecule has 0 aliphatic carbocycles. The summed E-state index contributed by atoms with van der Waals surface area (Å²) < 4.78 is 20.9. The van der Waals surface area contributed by atoms with Gasteiger partial charge in [-0.2, -0.15) is 0 Å². The van der Waals surface area contributed by atoms with Crippen molar-refractivity contribution >= 4 is 12.0 Å². The summed E-state index contributed by atoms with van der Waals surface area (Å²) in [5.74, 6) is 1.36. The number of ether oxygens (including phenoxy) is 4. The summed E-state index contributed by atoms with van der Waals surface area (Å²) in [6.07, 6.45) is 2.32. The normalized spacial score (nSPS) is 19.9. The topological polar surface area (TPSA) is 54.0 Å². The van der Waals surface area contributed by atoms with Crippen molar-refractivity contribution in [2.45, 2.75) is 19.4 Å². The smallest absolute Gasteiger partial charge is 0.334 e. The first-order chi connectivity index (χ1) is 9.58. The lowest BCUT2D eigenvalue weighted by Crippen LogP contribution is -1.99. The number of methoxy groups -OCH3 is 3. The molecule has 0 spiro atoms. The van der Waals surface area contributed by atoms with E-state index < -0.39 is 0 Å². The predicted molar refractivity (Wildman–Crippen MR) is 74.2 cm³/mol. The van der Waals surface area contributed by atoms with Gasteiger partial charge in [0.25, 0.3) is 0 Å². The molecule has 1 aliphatic heterocycles. The lowest BCUT2D eigenvalue weighted by Gasteiger charge is -2.13. The molecule has 5 nitrogen and oxygen atoms in total. The van der Waals surface area contributed by atoms with Crippen molar-refractivity contribution in [3.8, 4) is 17.2 Å². The average molecular weight is 278 g/mol. The fourth-order valence-electron chi connectivity index (χ4n) is 2.20. The molecule has 1 heterocycles. The number of benzene rings is 1. The molecular weight excluding hydrogens is 260 g/mol. The van der Waals surface area contributed by atoms with Gasteiger partial charge in [0.1, 0.15) is 6.10 Å². The highest BCUT2D eigenvalue weighted by Crippen LogP contribution is 2.39. The van der Waals surface area contributed by atoms with E-state index in [-0.39, 0.29) is 12.1 Å². The zero-order valence-corrected chi connectivity index (χ0v) is 12.1. The van der Waals surface area contributed by atoms with Crippen LogP contribution in [0.5, 0.6) is 17.2 Å². The Labute approximate surface area is 118 Å². The minimum atomic E-state index is -0.272. The highest BCUT2D eigenvalue weighted by molar-refractivity contribution is 5.95. The Morgan fingerprint density at radius 1 is 1.15 bits per heavy atom. The Morgan fingerprint density at radius 3 is 2.15 bits per heavy atom. The molecule has 0 amide bonds. The van der Waals surface area contributed by atoms with Gasteiger partial charge in [0, 0.05) is 12.0 Å². The lowest BCUT2D eigenvalue weighted by molar-refractivity contribution is -0.138. The van der Waals surface area contributed by atoms with Crippen molar-refractivity contribution in [2.75, 3.05) is 21.3 Å². The van der Waals surface area contributed by atoms with Gasteiger partial charge in [-0.05, 0) is 30.7 Å². The summed E-state index contributed by atoms with van der Waals surface area (Å²) in [5.41, 5.74) is 1.45. The van der Waals surface area contributed by atoms with Crippen molar-refractivity contribution in [2.24, 2.45) is 0 Å². The van der Waals surface area contributed by atoms with Gasteiger partial charge >= 0.3 is 5.97 Å². The SMILES string of the molecule is COc1cc(/C=C2\C[C@H](C)OC2=O)cc(OC)c1OC. The predicted octanol–water partition coefficient (Wildman–Crippen LogP) is 2.43. The monoisotopic (exact) mass is 278 g/mol. The zero-order chi connectivity index (χ0) is 14.7. The van der Waals surface area contributed by atoms with Gasteiger partial charge in [-0.1, -0.05) is 0 Å². The molecule has 20 heavy (non-hydrogen) atoms. The van der Waals surface area contributed by atoms with Crippen molar-refractivity contribution in [3.63, 3.8) is 0 Å². The van der Waals surface area contributed by atoms with E-state index in [9.17, 15) is 4.79 Å². The number of hydrogen-bond acceptors (Lipinski definition) is 5. The van der Waals surface area contributed by atoms with Crippen LogP contribution in [-0.4, -0.2) is 33.4 Å². The summed E-state index contributed by atoms with van der Waals surface area (Å²) in [7, 11) is 4.66. The summed E-state index contributed by atoms with van der Waals surface area (Å²) in [6, 6.07) is 3.59. The first-order valence-corrected chi connectivity index (χ1v) is 6.30. The summed E-state index contributed by atoms with van der Waals surface area (Å²) in [6.45, 7) is 1.87. The van der Waals surface area contributed by atoms with E-state index in [2.05, 4.69) is 0 Å². The van der Waals surface area contributed by atoms with Crippen molar-refractivity contribution < 1.29 is 23.7 Å². The van der Waals surface area contributed by atoms with Gasteiger partial charge in [0.2, 0.25) is 5.75 Å². The summed E-state index contributed by atoms with van der Waals surface area (Å²) in [4.78, 5) is 11.6. The second-order valence-corrected chi connectivity index (χ2v) is 4.55. The third-order valence-electron chi connectivity index (χ3n) is 3.11. The molecule has 0 bridgehead atoms. The molecule has 0 saturated carbocycles. The molecule has 2 rings (SSSR count). The minimum absolute atomic E-state index is 0.0733. The van der Waals surface area contributed by atoms with Crippen molar-refractivity contribution in [3.05, 3.63) is 23.3 Å². The number of carbonyl (C=O) groups is 1. The van der Waals surface area contributed by atoms with Crippen LogP contribution in [0, 0.1) is 0 Å². The van der Waals surface area contributed by atoms with Crippen LogP contribution in [0.25, 0.3) is 6.08 Å². The Bertz CT molecular complexity index is 522. The van der Waals surface area contributed by atoms with Gasteiger partial charge in [-0.15, -0.1) is 0 Å². The third kappa shape index (κ3) is 2.71. The second-order valence-electron chi connectivity index (χ2n) is 4.55. The molecular formula is C15H18O5. The highest BCUT2D eigenvalue weighted by atomic mass is 16.5. The molecule has 1 atom stereocenters. The van der Waals surface area contributed by atoms with E-state index in [1.165, 1.54) is 0 Å². The van der Waals surface area contributed by atoms with Crippen LogP contribution >= 0.6 is 0 Å². The van der Waals surface area contributed by atoms with Crippen LogP contribution in [-0.2, 0) is 9.53 Å². The number of cyclic esters (lactones) is 1. The van der Waals surface area contributed by atoms with E-state index in [4.69, 9.17) is 18.9 Å². The number of carbonyl (C=O) groups excluding carboxylic acids is 1. The number of rotatable bonds is 4. The second kappa shape index (κ2) is 5.86. The molecule has 1 aliphatic rings. The maximum atomic E-state index is 11.6. The van der Waals surface area contributed by atoms with Crippen LogP contribution in [0.2, 0.25) is 0 Å². The van der Waals surface area contributed by atoms with E-state index in [1.807, 2.05) is 6.92 Å². The average Bonchev–Trinajstić information content (AvgIpc) is 2.75. The molecule has 0 aromatic heterocycles. The van der Waals surface area contributed by atoms with Crippen LogP contribution in [0.15, 0.2) is 17.7 Å². The van der Waals surface area contributed by atoms with Gasteiger partial charge in [-0.3, -0.25) is 0 Å². The van der Waals surface area contributed by atoms with E-state index in [0.29, 0.717) is 29.2 Å². The molecule has 108 valence electrons. The third-order valence-corrected chi connectivity index (χ3v) is 3.11. The van der Waals surface area contributed by atoms with Crippen molar-refractivity contribution in [1.29, 1.82) is 0 Å². The van der Waals surface area contributed by atoms with Crippen LogP contribution < -0.4 is 14.2 Å². The van der Waals surface area contributed by atoms with Crippen molar-refractivity contribution in [1.82, 2.24) is 0 Å². The lowest BCUT2D eigenvalue weighted by atomic mass is 10.1. The highest BCUT2D eigenvalue weighted by Gasteiger charge is 2.25. The molecule has 1 aromatic rings. The van der Waals surface area contributed by atoms with E-state index in [0.717, 1.165) is 5.56 Å². The Hall–Kier alpha value is -2.17. The fourth-order valence-corrected chi connectivity index (χ4v) is 2.20. The first kappa shape index (κ1) is 14.2. The maximum Gasteiger partial charge on any atom is 0.334 e. The number of hydrogen-bond donors (Lipinski definition) is 0. The Morgan fingerprint density at radius 2 is 1.75 bits per heavy atom. The molecule has 1 aromatic carbocycles. The molecule has 0 radical (unpaired) electrons. The van der Waals surface area contributed by atoms with Gasteiger partial charge in [0.15, 0.2) is 11.5 Å². The Kier molecular flexibility index (Phi) is 4.17. The molecule has 0 unspecified atom stereocenters.